The Kier molecular flexibility index (Phi) is 4.71. The van der Waals surface area contributed by atoms with Gasteiger partial charge in [0.1, 0.15) is 11.9 Å². The minimum atomic E-state index is -0.264. The lowest BCUT2D eigenvalue weighted by atomic mass is 9.97. The summed E-state index contributed by atoms with van der Waals surface area (Å²) in [5, 5.41) is 5.84. The van der Waals surface area contributed by atoms with Crippen molar-refractivity contribution in [1.29, 1.82) is 0 Å². The van der Waals surface area contributed by atoms with Crippen molar-refractivity contribution in [3.05, 3.63) is 71.8 Å². The highest BCUT2D eigenvalue weighted by molar-refractivity contribution is 6.02. The van der Waals surface area contributed by atoms with Gasteiger partial charge in [-0.2, -0.15) is 0 Å². The molecule has 3 aromatic carbocycles. The van der Waals surface area contributed by atoms with Crippen molar-refractivity contribution in [2.24, 2.45) is 0 Å². The van der Waals surface area contributed by atoms with Crippen molar-refractivity contribution >= 4 is 22.4 Å². The summed E-state index contributed by atoms with van der Waals surface area (Å²) in [6.07, 6.45) is 0.626. The summed E-state index contributed by atoms with van der Waals surface area (Å²) >= 11 is 0. The first-order valence-corrected chi connectivity index (χ1v) is 9.55. The minimum absolute atomic E-state index is 0.0617. The van der Waals surface area contributed by atoms with Gasteiger partial charge in [-0.05, 0) is 42.3 Å². The van der Waals surface area contributed by atoms with Crippen LogP contribution in [0.3, 0.4) is 0 Å². The minimum Gasteiger partial charge on any atom is -0.493 e. The van der Waals surface area contributed by atoms with Crippen LogP contribution in [0.15, 0.2) is 60.7 Å². The number of amides is 1. The molecule has 0 radical (unpaired) electrons. The maximum absolute atomic E-state index is 13.2. The van der Waals surface area contributed by atoms with E-state index in [4.69, 9.17) is 4.74 Å². The Bertz CT molecular complexity index is 983. The van der Waals surface area contributed by atoms with Gasteiger partial charge < -0.3 is 15.0 Å². The van der Waals surface area contributed by atoms with Crippen LogP contribution in [0.5, 0.6) is 5.75 Å². The van der Waals surface area contributed by atoms with Crippen molar-refractivity contribution in [1.82, 2.24) is 4.90 Å². The molecule has 4 heteroatoms. The molecule has 0 bridgehead atoms. The van der Waals surface area contributed by atoms with E-state index >= 15 is 0 Å². The lowest BCUT2D eigenvalue weighted by Crippen LogP contribution is -2.43. The fourth-order valence-corrected chi connectivity index (χ4v) is 3.83. The van der Waals surface area contributed by atoms with Crippen LogP contribution in [0.25, 0.3) is 10.8 Å². The van der Waals surface area contributed by atoms with Gasteiger partial charge in [0.2, 0.25) is 0 Å². The van der Waals surface area contributed by atoms with E-state index in [1.54, 1.807) is 0 Å². The number of hydrogen-bond donors (Lipinski definition) is 1. The lowest BCUT2D eigenvalue weighted by molar-refractivity contribution is 0.0682. The fraction of sp³-hybridized carbons (Fsp3) is 0.261. The molecule has 1 aliphatic heterocycles. The molecule has 1 unspecified atom stereocenters. The zero-order valence-electron chi connectivity index (χ0n) is 15.7. The highest BCUT2D eigenvalue weighted by Gasteiger charge is 2.34. The second-order valence-electron chi connectivity index (χ2n) is 6.72. The third-order valence-corrected chi connectivity index (χ3v) is 4.99. The molecule has 0 fully saturated rings. The SMILES string of the molecule is CCCN1C(=O)c2ccccc2NC1c1c(OCC)ccc2ccccc12. The summed E-state index contributed by atoms with van der Waals surface area (Å²) in [7, 11) is 0. The Hall–Kier alpha value is -3.01. The largest absolute Gasteiger partial charge is 0.493 e. The van der Waals surface area contributed by atoms with Crippen molar-refractivity contribution in [2.45, 2.75) is 26.4 Å². The summed E-state index contributed by atoms with van der Waals surface area (Å²) < 4.78 is 5.97. The maximum atomic E-state index is 13.2. The lowest BCUT2D eigenvalue weighted by Gasteiger charge is -2.39. The predicted molar refractivity (Wildman–Crippen MR) is 109 cm³/mol. The molecule has 1 amide bonds. The Morgan fingerprint density at radius 3 is 2.59 bits per heavy atom. The first kappa shape index (κ1) is 17.4. The third-order valence-electron chi connectivity index (χ3n) is 4.99. The zero-order chi connectivity index (χ0) is 18.8. The Morgan fingerprint density at radius 2 is 1.78 bits per heavy atom. The van der Waals surface area contributed by atoms with E-state index in [9.17, 15) is 4.79 Å². The number of benzene rings is 3. The average molecular weight is 360 g/mol. The van der Waals surface area contributed by atoms with Gasteiger partial charge in [-0.25, -0.2) is 0 Å². The van der Waals surface area contributed by atoms with E-state index in [0.717, 1.165) is 39.8 Å². The summed E-state index contributed by atoms with van der Waals surface area (Å²) in [4.78, 5) is 15.2. The standard InChI is InChI=1S/C23H24N2O2/c1-3-15-25-22(24-19-12-8-7-11-18(19)23(25)26)21-17-10-6-5-9-16(17)13-14-20(21)27-4-2/h5-14,22,24H,3-4,15H2,1-2H3. The van der Waals surface area contributed by atoms with Crippen molar-refractivity contribution in [2.75, 3.05) is 18.5 Å². The van der Waals surface area contributed by atoms with Crippen LogP contribution < -0.4 is 10.1 Å². The third kappa shape index (κ3) is 3.01. The molecule has 1 atom stereocenters. The normalized spacial score (nSPS) is 16.1. The summed E-state index contributed by atoms with van der Waals surface area (Å²) in [6, 6.07) is 20.1. The van der Waals surface area contributed by atoms with Crippen LogP contribution >= 0.6 is 0 Å². The molecule has 4 nitrogen and oxygen atoms in total. The molecule has 27 heavy (non-hydrogen) atoms. The Labute approximate surface area is 159 Å². The van der Waals surface area contributed by atoms with Gasteiger partial charge in [0.15, 0.2) is 0 Å². The van der Waals surface area contributed by atoms with Crippen molar-refractivity contribution in [3.8, 4) is 5.75 Å². The Morgan fingerprint density at radius 1 is 1.00 bits per heavy atom. The molecular formula is C23H24N2O2. The molecule has 1 heterocycles. The number of rotatable bonds is 5. The van der Waals surface area contributed by atoms with Crippen LogP contribution in [0.1, 0.15) is 42.4 Å². The van der Waals surface area contributed by atoms with E-state index in [1.807, 2.05) is 54.3 Å². The highest BCUT2D eigenvalue weighted by atomic mass is 16.5. The van der Waals surface area contributed by atoms with Gasteiger partial charge in [0.05, 0.1) is 12.2 Å². The average Bonchev–Trinajstić information content (AvgIpc) is 2.70. The van der Waals surface area contributed by atoms with Crippen molar-refractivity contribution < 1.29 is 9.53 Å². The molecule has 0 saturated heterocycles. The van der Waals surface area contributed by atoms with Crippen LogP contribution in [-0.2, 0) is 0 Å². The monoisotopic (exact) mass is 360 g/mol. The van der Waals surface area contributed by atoms with Crippen LogP contribution in [0, 0.1) is 0 Å². The van der Waals surface area contributed by atoms with E-state index in [-0.39, 0.29) is 12.1 Å². The quantitative estimate of drug-likeness (QED) is 0.679. The Balaban J connectivity index is 1.93. The second-order valence-corrected chi connectivity index (χ2v) is 6.72. The molecule has 0 aliphatic carbocycles. The number of para-hydroxylation sites is 1. The zero-order valence-corrected chi connectivity index (χ0v) is 15.7. The number of nitrogens with zero attached hydrogens (tertiary/aromatic N) is 1. The molecule has 0 aromatic heterocycles. The summed E-state index contributed by atoms with van der Waals surface area (Å²) in [5.74, 6) is 0.883. The molecule has 1 N–H and O–H groups in total. The van der Waals surface area contributed by atoms with Gasteiger partial charge in [0, 0.05) is 17.8 Å². The number of anilines is 1. The van der Waals surface area contributed by atoms with Crippen LogP contribution in [0.2, 0.25) is 0 Å². The van der Waals surface area contributed by atoms with Crippen LogP contribution in [0.4, 0.5) is 5.69 Å². The number of fused-ring (bicyclic) bond motifs is 2. The first-order valence-electron chi connectivity index (χ1n) is 9.55. The number of ether oxygens (including phenoxy) is 1. The van der Waals surface area contributed by atoms with Crippen LogP contribution in [-0.4, -0.2) is 24.0 Å². The number of nitrogens with one attached hydrogen (secondary N) is 1. The van der Waals surface area contributed by atoms with Crippen molar-refractivity contribution in [3.63, 3.8) is 0 Å². The number of carbonyl (C=O) groups excluding carboxylic acids is 1. The molecule has 4 rings (SSSR count). The van der Waals surface area contributed by atoms with Gasteiger partial charge in [-0.1, -0.05) is 49.4 Å². The van der Waals surface area contributed by atoms with E-state index in [2.05, 4.69) is 30.4 Å². The second kappa shape index (κ2) is 7.31. The molecule has 0 spiro atoms. The number of carbonyl (C=O) groups is 1. The highest BCUT2D eigenvalue weighted by Crippen LogP contribution is 2.40. The maximum Gasteiger partial charge on any atom is 0.257 e. The smallest absolute Gasteiger partial charge is 0.257 e. The molecule has 3 aromatic rings. The summed E-state index contributed by atoms with van der Waals surface area (Å²) in [6.45, 7) is 5.34. The van der Waals surface area contributed by atoms with E-state index < -0.39 is 0 Å². The first-order chi connectivity index (χ1) is 13.2. The van der Waals surface area contributed by atoms with Gasteiger partial charge >= 0.3 is 0 Å². The predicted octanol–water partition coefficient (Wildman–Crippen LogP) is 5.22. The van der Waals surface area contributed by atoms with Gasteiger partial charge in [-0.15, -0.1) is 0 Å². The summed E-state index contributed by atoms with van der Waals surface area (Å²) in [5.41, 5.74) is 2.61. The van der Waals surface area contributed by atoms with E-state index in [1.165, 1.54) is 0 Å². The fourth-order valence-electron chi connectivity index (χ4n) is 3.83. The van der Waals surface area contributed by atoms with Gasteiger partial charge in [-0.3, -0.25) is 4.79 Å². The molecular weight excluding hydrogens is 336 g/mol. The molecule has 138 valence electrons. The molecule has 0 saturated carbocycles. The topological polar surface area (TPSA) is 41.6 Å². The molecule has 1 aliphatic rings. The number of hydrogen-bond acceptors (Lipinski definition) is 3. The van der Waals surface area contributed by atoms with E-state index in [0.29, 0.717) is 13.2 Å². The van der Waals surface area contributed by atoms with Gasteiger partial charge in [0.25, 0.3) is 5.91 Å².